The number of ether oxygens (including phenoxy) is 1. The highest BCUT2D eigenvalue weighted by atomic mass is 127. The number of nitrogens with zero attached hydrogens (tertiary/aromatic N) is 1. The molecule has 2 rings (SSSR count). The molecule has 0 spiro atoms. The van der Waals surface area contributed by atoms with E-state index in [1.807, 2.05) is 30.3 Å². The molecular weight excluding hydrogens is 329 g/mol. The molecule has 0 saturated heterocycles. The monoisotopic (exact) mass is 341 g/mol. The van der Waals surface area contributed by atoms with Crippen LogP contribution in [0, 0.1) is 3.57 Å². The first kappa shape index (κ1) is 12.3. The van der Waals surface area contributed by atoms with Crippen molar-refractivity contribution in [3.8, 4) is 5.75 Å². The highest BCUT2D eigenvalue weighted by Gasteiger charge is 1.97. The van der Waals surface area contributed by atoms with Crippen molar-refractivity contribution in [3.63, 3.8) is 0 Å². The van der Waals surface area contributed by atoms with Gasteiger partial charge in [0, 0.05) is 3.57 Å². The van der Waals surface area contributed by atoms with Crippen molar-refractivity contribution >= 4 is 22.6 Å². The normalized spacial score (nSPS) is 10.2. The number of pyridine rings is 1. The van der Waals surface area contributed by atoms with E-state index in [0.717, 1.165) is 5.56 Å². The van der Waals surface area contributed by atoms with Gasteiger partial charge in [-0.25, -0.2) is 0 Å². The van der Waals surface area contributed by atoms with Gasteiger partial charge < -0.3 is 9.84 Å². The zero-order valence-corrected chi connectivity index (χ0v) is 11.3. The van der Waals surface area contributed by atoms with E-state index in [1.54, 1.807) is 12.3 Å². The lowest BCUT2D eigenvalue weighted by Crippen LogP contribution is -1.96. The molecule has 0 saturated carbocycles. The summed E-state index contributed by atoms with van der Waals surface area (Å²) in [6.45, 7) is 0.481. The van der Waals surface area contributed by atoms with Crippen molar-refractivity contribution in [2.75, 3.05) is 0 Å². The van der Waals surface area contributed by atoms with E-state index in [2.05, 4.69) is 27.6 Å². The third kappa shape index (κ3) is 3.67. The first-order chi connectivity index (χ1) is 8.28. The standard InChI is InChI=1S/C13H12INO2/c14-11-3-1-10(2-4-11)9-17-13-6-5-12(8-16)15-7-13/h1-7,16H,8-9H2. The maximum Gasteiger partial charge on any atom is 0.138 e. The lowest BCUT2D eigenvalue weighted by Gasteiger charge is -2.06. The quantitative estimate of drug-likeness (QED) is 0.870. The molecule has 1 aromatic heterocycles. The van der Waals surface area contributed by atoms with Crippen molar-refractivity contribution in [2.24, 2.45) is 0 Å². The predicted octanol–water partition coefficient (Wildman–Crippen LogP) is 2.76. The molecule has 1 heterocycles. The number of aromatic nitrogens is 1. The molecule has 0 aliphatic rings. The van der Waals surface area contributed by atoms with Crippen LogP contribution in [0.4, 0.5) is 0 Å². The van der Waals surface area contributed by atoms with Gasteiger partial charge in [0.25, 0.3) is 0 Å². The topological polar surface area (TPSA) is 42.4 Å². The maximum atomic E-state index is 8.86. The second-order valence-corrected chi connectivity index (χ2v) is 4.80. The molecule has 0 aliphatic heterocycles. The first-order valence-electron chi connectivity index (χ1n) is 5.21. The van der Waals surface area contributed by atoms with Gasteiger partial charge in [0.2, 0.25) is 0 Å². The molecule has 88 valence electrons. The summed E-state index contributed by atoms with van der Waals surface area (Å²) < 4.78 is 6.79. The van der Waals surface area contributed by atoms with Gasteiger partial charge in [0.05, 0.1) is 18.5 Å². The van der Waals surface area contributed by atoms with Gasteiger partial charge in [-0.1, -0.05) is 12.1 Å². The average Bonchev–Trinajstić information content (AvgIpc) is 2.39. The minimum absolute atomic E-state index is 0.0442. The van der Waals surface area contributed by atoms with E-state index in [1.165, 1.54) is 3.57 Å². The second kappa shape index (κ2) is 5.97. The van der Waals surface area contributed by atoms with Crippen LogP contribution >= 0.6 is 22.6 Å². The minimum atomic E-state index is -0.0442. The van der Waals surface area contributed by atoms with Crippen LogP contribution in [0.3, 0.4) is 0 Å². The third-order valence-corrected chi connectivity index (χ3v) is 3.00. The van der Waals surface area contributed by atoms with E-state index < -0.39 is 0 Å². The fourth-order valence-corrected chi connectivity index (χ4v) is 1.70. The Balaban J connectivity index is 1.95. The summed E-state index contributed by atoms with van der Waals surface area (Å²) in [7, 11) is 0. The highest BCUT2D eigenvalue weighted by molar-refractivity contribution is 14.1. The summed E-state index contributed by atoms with van der Waals surface area (Å²) in [5.74, 6) is 0.709. The van der Waals surface area contributed by atoms with Crippen LogP contribution in [0.25, 0.3) is 0 Å². The Morgan fingerprint density at radius 2 is 1.88 bits per heavy atom. The molecule has 17 heavy (non-hydrogen) atoms. The summed E-state index contributed by atoms with van der Waals surface area (Å²) >= 11 is 2.27. The molecule has 4 heteroatoms. The lowest BCUT2D eigenvalue weighted by molar-refractivity contribution is 0.275. The molecule has 0 fully saturated rings. The van der Waals surface area contributed by atoms with E-state index in [-0.39, 0.29) is 6.61 Å². The molecule has 3 nitrogen and oxygen atoms in total. The molecule has 1 N–H and O–H groups in total. The molecule has 0 atom stereocenters. The largest absolute Gasteiger partial charge is 0.487 e. The molecular formula is C13H12INO2. The smallest absolute Gasteiger partial charge is 0.138 e. The van der Waals surface area contributed by atoms with Crippen LogP contribution in [-0.2, 0) is 13.2 Å². The fraction of sp³-hybridized carbons (Fsp3) is 0.154. The summed E-state index contributed by atoms with van der Waals surface area (Å²) in [6, 6.07) is 11.7. The number of hydrogen-bond donors (Lipinski definition) is 1. The summed E-state index contributed by atoms with van der Waals surface area (Å²) in [6.07, 6.45) is 1.62. The van der Waals surface area contributed by atoms with Gasteiger partial charge in [-0.3, -0.25) is 4.98 Å². The van der Waals surface area contributed by atoms with Crippen LogP contribution in [-0.4, -0.2) is 10.1 Å². The molecule has 0 bridgehead atoms. The Labute approximate surface area is 114 Å². The Bertz CT molecular complexity index is 468. The van der Waals surface area contributed by atoms with Gasteiger partial charge in [-0.05, 0) is 52.4 Å². The summed E-state index contributed by atoms with van der Waals surface area (Å²) in [4.78, 5) is 4.05. The predicted molar refractivity (Wildman–Crippen MR) is 73.7 cm³/mol. The summed E-state index contributed by atoms with van der Waals surface area (Å²) in [5, 5.41) is 8.86. The van der Waals surface area contributed by atoms with Crippen molar-refractivity contribution in [1.82, 2.24) is 4.98 Å². The average molecular weight is 341 g/mol. The van der Waals surface area contributed by atoms with Crippen molar-refractivity contribution in [1.29, 1.82) is 0 Å². The number of hydrogen-bond acceptors (Lipinski definition) is 3. The number of benzene rings is 1. The molecule has 1 aromatic carbocycles. The third-order valence-electron chi connectivity index (χ3n) is 2.28. The van der Waals surface area contributed by atoms with E-state index >= 15 is 0 Å². The van der Waals surface area contributed by atoms with Crippen LogP contribution in [0.15, 0.2) is 42.6 Å². The number of aliphatic hydroxyl groups excluding tert-OH is 1. The van der Waals surface area contributed by atoms with Gasteiger partial charge >= 0.3 is 0 Å². The van der Waals surface area contributed by atoms with Crippen LogP contribution in [0.5, 0.6) is 5.75 Å². The molecule has 0 radical (unpaired) electrons. The summed E-state index contributed by atoms with van der Waals surface area (Å²) in [5.41, 5.74) is 1.77. The molecule has 0 aliphatic carbocycles. The fourth-order valence-electron chi connectivity index (χ4n) is 1.34. The van der Waals surface area contributed by atoms with Crippen molar-refractivity contribution in [3.05, 3.63) is 57.4 Å². The zero-order valence-electron chi connectivity index (χ0n) is 9.14. The van der Waals surface area contributed by atoms with Gasteiger partial charge in [0.1, 0.15) is 12.4 Å². The Hall–Kier alpha value is -1.14. The van der Waals surface area contributed by atoms with Crippen LogP contribution in [0.1, 0.15) is 11.3 Å². The first-order valence-corrected chi connectivity index (χ1v) is 6.29. The second-order valence-electron chi connectivity index (χ2n) is 3.56. The maximum absolute atomic E-state index is 8.86. The van der Waals surface area contributed by atoms with E-state index in [0.29, 0.717) is 18.1 Å². The number of rotatable bonds is 4. The Kier molecular flexibility index (Phi) is 4.33. The molecule has 0 amide bonds. The van der Waals surface area contributed by atoms with Crippen molar-refractivity contribution < 1.29 is 9.84 Å². The number of halogens is 1. The van der Waals surface area contributed by atoms with Gasteiger partial charge in [-0.15, -0.1) is 0 Å². The molecule has 2 aromatic rings. The Morgan fingerprint density at radius 3 is 2.47 bits per heavy atom. The van der Waals surface area contributed by atoms with E-state index in [4.69, 9.17) is 9.84 Å². The zero-order chi connectivity index (χ0) is 12.1. The van der Waals surface area contributed by atoms with Crippen LogP contribution in [0.2, 0.25) is 0 Å². The van der Waals surface area contributed by atoms with Gasteiger partial charge in [0.15, 0.2) is 0 Å². The minimum Gasteiger partial charge on any atom is -0.487 e. The lowest BCUT2D eigenvalue weighted by atomic mass is 10.2. The molecule has 0 unspecified atom stereocenters. The highest BCUT2D eigenvalue weighted by Crippen LogP contribution is 2.13. The SMILES string of the molecule is OCc1ccc(OCc2ccc(I)cc2)cn1. The van der Waals surface area contributed by atoms with E-state index in [9.17, 15) is 0 Å². The van der Waals surface area contributed by atoms with Gasteiger partial charge in [-0.2, -0.15) is 0 Å². The van der Waals surface area contributed by atoms with Crippen molar-refractivity contribution in [2.45, 2.75) is 13.2 Å². The Morgan fingerprint density at radius 1 is 1.12 bits per heavy atom. The number of aliphatic hydroxyl groups is 1. The van der Waals surface area contributed by atoms with Crippen LogP contribution < -0.4 is 4.74 Å².